The zero-order valence-corrected chi connectivity index (χ0v) is 10.3. The van der Waals surface area contributed by atoms with Crippen molar-refractivity contribution in [1.29, 1.82) is 0 Å². The van der Waals surface area contributed by atoms with Crippen LogP contribution in [0.5, 0.6) is 0 Å². The molecule has 8 heteroatoms. The molecule has 18 heavy (non-hydrogen) atoms. The minimum absolute atomic E-state index is 0.0968. The molecular weight excluding hydrogens is 238 g/mol. The fourth-order valence-corrected chi connectivity index (χ4v) is 1.94. The van der Waals surface area contributed by atoms with E-state index in [0.717, 1.165) is 4.57 Å². The maximum Gasteiger partial charge on any atom is 0.332 e. The third-order valence-electron chi connectivity index (χ3n) is 2.90. The Kier molecular flexibility index (Phi) is 2.57. The summed E-state index contributed by atoms with van der Waals surface area (Å²) in [5, 5.41) is 4.34. The second-order valence-electron chi connectivity index (χ2n) is 4.12. The quantitative estimate of drug-likeness (QED) is 0.666. The summed E-state index contributed by atoms with van der Waals surface area (Å²) < 4.78 is 3.64. The summed E-state index contributed by atoms with van der Waals surface area (Å²) in [5.41, 5.74) is 4.87. The van der Waals surface area contributed by atoms with Gasteiger partial charge in [0, 0.05) is 21.1 Å². The van der Waals surface area contributed by atoms with Crippen molar-refractivity contribution in [1.82, 2.24) is 18.9 Å². The van der Waals surface area contributed by atoms with E-state index in [0.29, 0.717) is 5.69 Å². The topological polar surface area (TPSA) is 105 Å². The first-order valence-electron chi connectivity index (χ1n) is 5.24. The van der Waals surface area contributed by atoms with Crippen molar-refractivity contribution >= 4 is 16.9 Å². The molecule has 8 nitrogen and oxygen atoms in total. The third-order valence-corrected chi connectivity index (χ3v) is 2.90. The number of carbonyl (C=O) groups is 1. The Bertz CT molecular complexity index is 764. The molecule has 2 rings (SSSR count). The molecule has 1 amide bonds. The van der Waals surface area contributed by atoms with Crippen LogP contribution in [0.15, 0.2) is 9.59 Å². The Balaban J connectivity index is 2.99. The number of carbonyl (C=O) groups excluding carboxylic acids is 1. The molecule has 0 spiro atoms. The standard InChI is InChI=1S/C10H13N5O3/c1-13-8-7(9(17)14(2)10(13)18)5(4-6(11)16)15(3)12-8/h4H2,1-3H3,(H2,11,16). The summed E-state index contributed by atoms with van der Waals surface area (Å²) >= 11 is 0. The minimum Gasteiger partial charge on any atom is -0.369 e. The molecule has 0 atom stereocenters. The highest BCUT2D eigenvalue weighted by Crippen LogP contribution is 2.12. The highest BCUT2D eigenvalue weighted by molar-refractivity contribution is 5.84. The predicted molar refractivity (Wildman–Crippen MR) is 64.1 cm³/mol. The second-order valence-corrected chi connectivity index (χ2v) is 4.12. The Morgan fingerprint density at radius 2 is 1.83 bits per heavy atom. The van der Waals surface area contributed by atoms with E-state index in [2.05, 4.69) is 5.10 Å². The van der Waals surface area contributed by atoms with Gasteiger partial charge in [0.05, 0.1) is 12.1 Å². The number of fused-ring (bicyclic) bond motifs is 1. The molecule has 2 aromatic rings. The maximum absolute atomic E-state index is 12.1. The molecule has 96 valence electrons. The summed E-state index contributed by atoms with van der Waals surface area (Å²) in [5.74, 6) is -0.559. The van der Waals surface area contributed by atoms with Crippen LogP contribution in [0.2, 0.25) is 0 Å². The van der Waals surface area contributed by atoms with E-state index in [-0.39, 0.29) is 17.5 Å². The van der Waals surface area contributed by atoms with E-state index in [9.17, 15) is 14.4 Å². The summed E-state index contributed by atoms with van der Waals surface area (Å²) in [6.45, 7) is 0. The SMILES string of the molecule is Cn1nc2c(c1CC(N)=O)c(=O)n(C)c(=O)n2C. The molecule has 0 aliphatic rings. The lowest BCUT2D eigenvalue weighted by molar-refractivity contribution is -0.117. The number of hydrogen-bond donors (Lipinski definition) is 1. The number of amides is 1. The molecule has 0 aliphatic heterocycles. The van der Waals surface area contributed by atoms with Crippen molar-refractivity contribution in [3.63, 3.8) is 0 Å². The lowest BCUT2D eigenvalue weighted by Crippen LogP contribution is -2.37. The van der Waals surface area contributed by atoms with Gasteiger partial charge in [-0.1, -0.05) is 0 Å². The number of aromatic nitrogens is 4. The average Bonchev–Trinajstić information content (AvgIpc) is 2.61. The number of nitrogens with two attached hydrogens (primary N) is 1. The van der Waals surface area contributed by atoms with Crippen LogP contribution in [0.1, 0.15) is 5.69 Å². The lowest BCUT2D eigenvalue weighted by Gasteiger charge is -2.02. The van der Waals surface area contributed by atoms with E-state index in [4.69, 9.17) is 5.73 Å². The van der Waals surface area contributed by atoms with Gasteiger partial charge in [-0.25, -0.2) is 4.79 Å². The number of primary amides is 1. The maximum atomic E-state index is 12.1. The van der Waals surface area contributed by atoms with Crippen LogP contribution >= 0.6 is 0 Å². The van der Waals surface area contributed by atoms with Crippen LogP contribution in [0.4, 0.5) is 0 Å². The predicted octanol–water partition coefficient (Wildman–Crippen LogP) is -2.00. The van der Waals surface area contributed by atoms with Gasteiger partial charge in [0.2, 0.25) is 5.91 Å². The van der Waals surface area contributed by atoms with Gasteiger partial charge in [0.1, 0.15) is 5.39 Å². The highest BCUT2D eigenvalue weighted by Gasteiger charge is 2.18. The zero-order valence-electron chi connectivity index (χ0n) is 10.3. The van der Waals surface area contributed by atoms with Crippen molar-refractivity contribution in [2.75, 3.05) is 0 Å². The van der Waals surface area contributed by atoms with E-state index in [1.54, 1.807) is 7.05 Å². The molecule has 2 heterocycles. The van der Waals surface area contributed by atoms with Crippen molar-refractivity contribution in [3.05, 3.63) is 26.5 Å². The van der Waals surface area contributed by atoms with E-state index >= 15 is 0 Å². The van der Waals surface area contributed by atoms with E-state index < -0.39 is 17.2 Å². The van der Waals surface area contributed by atoms with Gasteiger partial charge < -0.3 is 5.73 Å². The smallest absolute Gasteiger partial charge is 0.332 e. The van der Waals surface area contributed by atoms with Gasteiger partial charge in [0.15, 0.2) is 5.65 Å². The third kappa shape index (κ3) is 1.53. The van der Waals surface area contributed by atoms with Crippen LogP contribution in [0.25, 0.3) is 11.0 Å². The molecule has 2 aromatic heterocycles. The highest BCUT2D eigenvalue weighted by atomic mass is 16.2. The van der Waals surface area contributed by atoms with Crippen molar-refractivity contribution < 1.29 is 4.79 Å². The van der Waals surface area contributed by atoms with Gasteiger partial charge >= 0.3 is 5.69 Å². The van der Waals surface area contributed by atoms with Crippen LogP contribution in [0, 0.1) is 0 Å². The molecule has 0 saturated carbocycles. The second kappa shape index (κ2) is 3.83. The summed E-state index contributed by atoms with van der Waals surface area (Å²) in [7, 11) is 4.50. The normalized spacial score (nSPS) is 11.1. The van der Waals surface area contributed by atoms with Gasteiger partial charge in [-0.05, 0) is 0 Å². The van der Waals surface area contributed by atoms with Crippen LogP contribution in [-0.2, 0) is 32.4 Å². The average molecular weight is 251 g/mol. The van der Waals surface area contributed by atoms with Crippen LogP contribution in [0.3, 0.4) is 0 Å². The first kappa shape index (κ1) is 12.1. The lowest BCUT2D eigenvalue weighted by atomic mass is 10.2. The number of nitrogens with zero attached hydrogens (tertiary/aromatic N) is 4. The minimum atomic E-state index is -0.559. The Labute approximate surface area is 101 Å². The van der Waals surface area contributed by atoms with Crippen molar-refractivity contribution in [3.8, 4) is 0 Å². The first-order chi connectivity index (χ1) is 8.34. The van der Waals surface area contributed by atoms with Crippen molar-refractivity contribution in [2.24, 2.45) is 26.9 Å². The molecule has 0 saturated heterocycles. The Hall–Kier alpha value is -2.38. The number of aryl methyl sites for hydroxylation is 2. The zero-order chi connectivity index (χ0) is 13.6. The molecular formula is C10H13N5O3. The fraction of sp³-hybridized carbons (Fsp3) is 0.400. The van der Waals surface area contributed by atoms with Crippen LogP contribution < -0.4 is 17.0 Å². The first-order valence-corrected chi connectivity index (χ1v) is 5.24. The molecule has 0 fully saturated rings. The number of rotatable bonds is 2. The summed E-state index contributed by atoms with van der Waals surface area (Å²) in [6, 6.07) is 0. The van der Waals surface area contributed by atoms with Gasteiger partial charge in [0.25, 0.3) is 5.56 Å². The number of hydrogen-bond acceptors (Lipinski definition) is 4. The largest absolute Gasteiger partial charge is 0.369 e. The van der Waals surface area contributed by atoms with Gasteiger partial charge in [-0.3, -0.25) is 23.4 Å². The van der Waals surface area contributed by atoms with Crippen molar-refractivity contribution in [2.45, 2.75) is 6.42 Å². The molecule has 0 aromatic carbocycles. The fourth-order valence-electron chi connectivity index (χ4n) is 1.94. The summed E-state index contributed by atoms with van der Waals surface area (Å²) in [6.07, 6.45) is -0.0968. The van der Waals surface area contributed by atoms with Gasteiger partial charge in [-0.2, -0.15) is 5.10 Å². The monoisotopic (exact) mass is 251 g/mol. The molecule has 0 radical (unpaired) electrons. The molecule has 0 aliphatic carbocycles. The van der Waals surface area contributed by atoms with Crippen LogP contribution in [-0.4, -0.2) is 24.8 Å². The van der Waals surface area contributed by atoms with E-state index in [1.165, 1.54) is 23.3 Å². The summed E-state index contributed by atoms with van der Waals surface area (Å²) in [4.78, 5) is 34.8. The van der Waals surface area contributed by atoms with E-state index in [1.807, 2.05) is 0 Å². The van der Waals surface area contributed by atoms with Gasteiger partial charge in [-0.15, -0.1) is 0 Å². The molecule has 2 N–H and O–H groups in total. The Morgan fingerprint density at radius 1 is 1.22 bits per heavy atom. The molecule has 0 bridgehead atoms. The molecule has 0 unspecified atom stereocenters. The Morgan fingerprint density at radius 3 is 2.39 bits per heavy atom.